The van der Waals surface area contributed by atoms with Crippen molar-refractivity contribution in [1.29, 1.82) is 0 Å². The van der Waals surface area contributed by atoms with Crippen molar-refractivity contribution in [2.24, 2.45) is 13.0 Å². The van der Waals surface area contributed by atoms with Gasteiger partial charge in [0.1, 0.15) is 0 Å². The molecule has 2 atom stereocenters. The van der Waals surface area contributed by atoms with E-state index in [1.54, 1.807) is 0 Å². The van der Waals surface area contributed by atoms with E-state index in [1.165, 1.54) is 5.69 Å². The molecule has 1 aliphatic rings. The topological polar surface area (TPSA) is 17.0 Å². The van der Waals surface area contributed by atoms with Crippen LogP contribution in [0.1, 0.15) is 11.6 Å². The van der Waals surface area contributed by atoms with Crippen LogP contribution in [0.3, 0.4) is 0 Å². The quantitative estimate of drug-likeness (QED) is 0.729. The van der Waals surface area contributed by atoms with Crippen molar-refractivity contribution in [1.82, 2.24) is 9.88 Å². The zero-order chi connectivity index (χ0) is 9.26. The van der Waals surface area contributed by atoms with Gasteiger partial charge in [0.25, 0.3) is 0 Å². The van der Waals surface area contributed by atoms with Gasteiger partial charge in [0.15, 0.2) is 0 Å². The molecule has 72 valence electrons. The molecule has 1 aliphatic heterocycles. The molecule has 1 aromatic rings. The molecule has 0 spiro atoms. The van der Waals surface area contributed by atoms with Gasteiger partial charge >= 0.3 is 0 Å². The molecule has 0 saturated carbocycles. The van der Waals surface area contributed by atoms with Crippen molar-refractivity contribution in [2.45, 2.75) is 5.92 Å². The van der Waals surface area contributed by atoms with E-state index in [4.69, 9.17) is 0 Å². The van der Waals surface area contributed by atoms with Crippen molar-refractivity contribution in [3.63, 3.8) is 0 Å². The fraction of sp³-hybridized carbons (Fsp3) is 0.600. The van der Waals surface area contributed by atoms with Crippen LogP contribution in [0.4, 0.5) is 4.39 Å². The predicted molar refractivity (Wildman–Crippen MR) is 50.5 cm³/mol. The lowest BCUT2D eigenvalue weighted by Crippen LogP contribution is -2.15. The molecule has 2 heterocycles. The van der Waals surface area contributed by atoms with Gasteiger partial charge in [-0.1, -0.05) is 0 Å². The van der Waals surface area contributed by atoms with Crippen LogP contribution in [0.25, 0.3) is 0 Å². The highest BCUT2D eigenvalue weighted by Crippen LogP contribution is 2.28. The second kappa shape index (κ2) is 3.50. The molecular weight excluding hydrogens is 167 g/mol. The Bertz CT molecular complexity index is 282. The molecule has 2 nitrogen and oxygen atoms in total. The summed E-state index contributed by atoms with van der Waals surface area (Å²) >= 11 is 0. The smallest absolute Gasteiger partial charge is 0.0941 e. The van der Waals surface area contributed by atoms with E-state index in [0.717, 1.165) is 13.1 Å². The summed E-state index contributed by atoms with van der Waals surface area (Å²) in [6.45, 7) is 1.50. The number of aryl methyl sites for hydroxylation is 1. The average molecular weight is 182 g/mol. The summed E-state index contributed by atoms with van der Waals surface area (Å²) in [5, 5.41) is 3.24. The highest BCUT2D eigenvalue weighted by atomic mass is 19.1. The molecule has 1 saturated heterocycles. The Labute approximate surface area is 77.7 Å². The number of halogens is 1. The van der Waals surface area contributed by atoms with Crippen LogP contribution in [0.15, 0.2) is 18.3 Å². The predicted octanol–water partition coefficient (Wildman–Crippen LogP) is 1.30. The number of rotatable bonds is 2. The van der Waals surface area contributed by atoms with E-state index in [0.29, 0.717) is 5.92 Å². The van der Waals surface area contributed by atoms with Gasteiger partial charge in [-0.25, -0.2) is 0 Å². The molecule has 0 aromatic carbocycles. The Balaban J connectivity index is 2.20. The van der Waals surface area contributed by atoms with Crippen molar-refractivity contribution in [3.05, 3.63) is 24.0 Å². The van der Waals surface area contributed by atoms with Gasteiger partial charge in [-0.3, -0.25) is 4.39 Å². The van der Waals surface area contributed by atoms with Crippen LogP contribution in [0, 0.1) is 5.92 Å². The molecule has 13 heavy (non-hydrogen) atoms. The SMILES string of the molecule is Cn1cccc1[C@H]1CNC[C@@H]1CF. The first-order chi connectivity index (χ1) is 6.33. The highest BCUT2D eigenvalue weighted by molar-refractivity contribution is 5.16. The van der Waals surface area contributed by atoms with Crippen LogP contribution in [-0.4, -0.2) is 24.3 Å². The van der Waals surface area contributed by atoms with Crippen LogP contribution < -0.4 is 5.32 Å². The third-order valence-electron chi connectivity index (χ3n) is 2.90. The van der Waals surface area contributed by atoms with E-state index in [-0.39, 0.29) is 12.6 Å². The summed E-state index contributed by atoms with van der Waals surface area (Å²) in [6.07, 6.45) is 2.02. The van der Waals surface area contributed by atoms with Crippen LogP contribution in [0.5, 0.6) is 0 Å². The molecule has 1 aromatic heterocycles. The van der Waals surface area contributed by atoms with Crippen molar-refractivity contribution < 1.29 is 4.39 Å². The third kappa shape index (κ3) is 1.48. The maximum atomic E-state index is 12.6. The van der Waals surface area contributed by atoms with Gasteiger partial charge in [0, 0.05) is 43.9 Å². The van der Waals surface area contributed by atoms with Gasteiger partial charge < -0.3 is 9.88 Å². The first-order valence-electron chi connectivity index (χ1n) is 4.71. The summed E-state index contributed by atoms with van der Waals surface area (Å²) in [4.78, 5) is 0. The maximum Gasteiger partial charge on any atom is 0.0941 e. The Morgan fingerprint density at radius 2 is 2.46 bits per heavy atom. The van der Waals surface area contributed by atoms with Gasteiger partial charge in [-0.15, -0.1) is 0 Å². The molecule has 0 bridgehead atoms. The molecule has 0 amide bonds. The lowest BCUT2D eigenvalue weighted by Gasteiger charge is -2.16. The highest BCUT2D eigenvalue weighted by Gasteiger charge is 2.29. The van der Waals surface area contributed by atoms with E-state index in [2.05, 4.69) is 16.0 Å². The molecule has 0 radical (unpaired) electrons. The van der Waals surface area contributed by atoms with Crippen LogP contribution in [0.2, 0.25) is 0 Å². The van der Waals surface area contributed by atoms with Gasteiger partial charge in [-0.2, -0.15) is 0 Å². The zero-order valence-electron chi connectivity index (χ0n) is 7.83. The first-order valence-corrected chi connectivity index (χ1v) is 4.71. The van der Waals surface area contributed by atoms with Crippen molar-refractivity contribution in [3.8, 4) is 0 Å². The molecule has 2 rings (SSSR count). The third-order valence-corrected chi connectivity index (χ3v) is 2.90. The van der Waals surface area contributed by atoms with E-state index in [1.807, 2.05) is 19.3 Å². The minimum Gasteiger partial charge on any atom is -0.354 e. The largest absolute Gasteiger partial charge is 0.354 e. The van der Waals surface area contributed by atoms with Gasteiger partial charge in [-0.05, 0) is 12.1 Å². The molecule has 1 fully saturated rings. The van der Waals surface area contributed by atoms with Crippen LogP contribution >= 0.6 is 0 Å². The van der Waals surface area contributed by atoms with E-state index >= 15 is 0 Å². The van der Waals surface area contributed by atoms with Crippen LogP contribution in [-0.2, 0) is 7.05 Å². The fourth-order valence-electron chi connectivity index (χ4n) is 2.10. The molecular formula is C10H15FN2. The maximum absolute atomic E-state index is 12.6. The summed E-state index contributed by atoms with van der Waals surface area (Å²) in [5.74, 6) is 0.513. The number of hydrogen-bond donors (Lipinski definition) is 1. The normalized spacial score (nSPS) is 28.2. The second-order valence-electron chi connectivity index (χ2n) is 3.72. The van der Waals surface area contributed by atoms with Crippen molar-refractivity contribution >= 4 is 0 Å². The summed E-state index contributed by atoms with van der Waals surface area (Å²) in [7, 11) is 2.02. The summed E-state index contributed by atoms with van der Waals surface area (Å²) in [5.41, 5.74) is 1.24. The van der Waals surface area contributed by atoms with Gasteiger partial charge in [0.2, 0.25) is 0 Å². The average Bonchev–Trinajstić information content (AvgIpc) is 2.71. The number of nitrogens with one attached hydrogen (secondary N) is 1. The Morgan fingerprint density at radius 3 is 3.08 bits per heavy atom. The number of alkyl halides is 1. The first kappa shape index (κ1) is 8.75. The molecule has 0 aliphatic carbocycles. The summed E-state index contributed by atoms with van der Waals surface area (Å²) in [6, 6.07) is 4.10. The standard InChI is InChI=1S/C10H15FN2/c1-13-4-2-3-10(13)9-7-12-6-8(9)5-11/h2-4,8-9,12H,5-7H2,1H3/t8-,9-/m0/s1. The zero-order valence-corrected chi connectivity index (χ0v) is 7.83. The number of nitrogens with zero attached hydrogens (tertiary/aromatic N) is 1. The van der Waals surface area contributed by atoms with E-state index in [9.17, 15) is 4.39 Å². The molecule has 3 heteroatoms. The van der Waals surface area contributed by atoms with Crippen molar-refractivity contribution in [2.75, 3.05) is 19.8 Å². The fourth-order valence-corrected chi connectivity index (χ4v) is 2.10. The summed E-state index contributed by atoms with van der Waals surface area (Å²) < 4.78 is 14.7. The second-order valence-corrected chi connectivity index (χ2v) is 3.72. The Hall–Kier alpha value is -0.830. The minimum atomic E-state index is -0.219. The van der Waals surface area contributed by atoms with Gasteiger partial charge in [0.05, 0.1) is 6.67 Å². The van der Waals surface area contributed by atoms with E-state index < -0.39 is 0 Å². The molecule has 0 unspecified atom stereocenters. The molecule has 1 N–H and O–H groups in total. The Morgan fingerprint density at radius 1 is 1.62 bits per heavy atom. The number of hydrogen-bond acceptors (Lipinski definition) is 1. The Kier molecular flexibility index (Phi) is 2.36. The minimum absolute atomic E-state index is 0.161. The number of aromatic nitrogens is 1. The lowest BCUT2D eigenvalue weighted by atomic mass is 9.94. The lowest BCUT2D eigenvalue weighted by molar-refractivity contribution is 0.353. The monoisotopic (exact) mass is 182 g/mol.